The van der Waals surface area contributed by atoms with Gasteiger partial charge in [-0.05, 0) is 37.1 Å². The highest BCUT2D eigenvalue weighted by molar-refractivity contribution is 5.62. The van der Waals surface area contributed by atoms with Gasteiger partial charge in [0.2, 0.25) is 0 Å². The fraction of sp³-hybridized carbons (Fsp3) is 0.286. The molecular formula is C14H16FN3. The van der Waals surface area contributed by atoms with Crippen LogP contribution in [0, 0.1) is 12.7 Å². The molecule has 0 fully saturated rings. The van der Waals surface area contributed by atoms with E-state index in [4.69, 9.17) is 0 Å². The molecule has 3 nitrogen and oxygen atoms in total. The van der Waals surface area contributed by atoms with Crippen LogP contribution in [-0.4, -0.2) is 16.5 Å². The Kier molecular flexibility index (Phi) is 3.87. The summed E-state index contributed by atoms with van der Waals surface area (Å²) in [4.78, 5) is 8.31. The van der Waals surface area contributed by atoms with Crippen molar-refractivity contribution < 1.29 is 4.39 Å². The lowest BCUT2D eigenvalue weighted by atomic mass is 10.1. The molecule has 0 aliphatic rings. The molecule has 0 radical (unpaired) electrons. The largest absolute Gasteiger partial charge is 0.370 e. The molecule has 1 aromatic heterocycles. The van der Waals surface area contributed by atoms with Crippen LogP contribution in [0.5, 0.6) is 0 Å². The molecular weight excluding hydrogens is 229 g/mol. The molecule has 0 spiro atoms. The molecule has 0 aliphatic carbocycles. The number of nitrogens with one attached hydrogen (secondary N) is 1. The van der Waals surface area contributed by atoms with E-state index in [1.807, 2.05) is 19.1 Å². The molecule has 0 amide bonds. The minimum absolute atomic E-state index is 0.244. The number of aryl methyl sites for hydroxylation is 1. The van der Waals surface area contributed by atoms with Crippen LogP contribution < -0.4 is 5.32 Å². The third-order valence-corrected chi connectivity index (χ3v) is 2.56. The van der Waals surface area contributed by atoms with E-state index in [0.717, 1.165) is 35.6 Å². The van der Waals surface area contributed by atoms with E-state index in [1.165, 1.54) is 18.5 Å². The number of hydrogen-bond donors (Lipinski definition) is 1. The fourth-order valence-electron chi connectivity index (χ4n) is 1.75. The van der Waals surface area contributed by atoms with Gasteiger partial charge in [0.15, 0.2) is 0 Å². The maximum Gasteiger partial charge on any atom is 0.129 e. The summed E-state index contributed by atoms with van der Waals surface area (Å²) in [6, 6.07) is 6.73. The zero-order valence-electron chi connectivity index (χ0n) is 10.6. The summed E-state index contributed by atoms with van der Waals surface area (Å²) in [7, 11) is 0. The van der Waals surface area contributed by atoms with Crippen molar-refractivity contribution in [1.29, 1.82) is 0 Å². The quantitative estimate of drug-likeness (QED) is 0.897. The van der Waals surface area contributed by atoms with Crippen molar-refractivity contribution in [3.8, 4) is 11.3 Å². The Labute approximate surface area is 106 Å². The van der Waals surface area contributed by atoms with Crippen molar-refractivity contribution in [3.05, 3.63) is 42.0 Å². The van der Waals surface area contributed by atoms with Gasteiger partial charge in [0.1, 0.15) is 18.0 Å². The molecule has 1 heterocycles. The number of rotatable bonds is 4. The summed E-state index contributed by atoms with van der Waals surface area (Å²) in [6.45, 7) is 4.81. The van der Waals surface area contributed by atoms with Crippen LogP contribution in [0.3, 0.4) is 0 Å². The van der Waals surface area contributed by atoms with Gasteiger partial charge in [-0.2, -0.15) is 0 Å². The first-order chi connectivity index (χ1) is 8.69. The van der Waals surface area contributed by atoms with Gasteiger partial charge in [-0.1, -0.05) is 6.92 Å². The van der Waals surface area contributed by atoms with Gasteiger partial charge >= 0.3 is 0 Å². The number of anilines is 1. The standard InChI is InChI=1S/C14H16FN3/c1-3-4-16-14-8-13(17-9-18-14)11-5-10(2)6-12(15)7-11/h5-9H,3-4H2,1-2H3,(H,16,17,18). The maximum absolute atomic E-state index is 13.4. The molecule has 0 atom stereocenters. The Balaban J connectivity index is 2.32. The highest BCUT2D eigenvalue weighted by Gasteiger charge is 2.04. The van der Waals surface area contributed by atoms with Crippen LogP contribution in [0.15, 0.2) is 30.6 Å². The first-order valence-corrected chi connectivity index (χ1v) is 6.02. The van der Waals surface area contributed by atoms with Crippen LogP contribution in [0.4, 0.5) is 10.2 Å². The second-order valence-corrected chi connectivity index (χ2v) is 4.23. The second kappa shape index (κ2) is 5.58. The summed E-state index contributed by atoms with van der Waals surface area (Å²) in [6.07, 6.45) is 2.52. The molecule has 0 aliphatic heterocycles. The van der Waals surface area contributed by atoms with Crippen molar-refractivity contribution in [2.75, 3.05) is 11.9 Å². The van der Waals surface area contributed by atoms with Gasteiger partial charge in [-0.25, -0.2) is 14.4 Å². The zero-order valence-corrected chi connectivity index (χ0v) is 10.6. The SMILES string of the molecule is CCCNc1cc(-c2cc(C)cc(F)c2)ncn1. The van der Waals surface area contributed by atoms with E-state index in [-0.39, 0.29) is 5.82 Å². The Hall–Kier alpha value is -1.97. The number of benzene rings is 1. The van der Waals surface area contributed by atoms with Crippen LogP contribution in [0.2, 0.25) is 0 Å². The Morgan fingerprint density at radius 3 is 2.72 bits per heavy atom. The third kappa shape index (κ3) is 3.03. The Bertz CT molecular complexity index is 520. The first-order valence-electron chi connectivity index (χ1n) is 6.02. The number of aromatic nitrogens is 2. The number of halogens is 1. The molecule has 1 aromatic carbocycles. The highest BCUT2D eigenvalue weighted by atomic mass is 19.1. The minimum Gasteiger partial charge on any atom is -0.370 e. The van der Waals surface area contributed by atoms with E-state index < -0.39 is 0 Å². The molecule has 0 saturated carbocycles. The molecule has 0 saturated heterocycles. The summed E-state index contributed by atoms with van der Waals surface area (Å²) in [5.74, 6) is 0.524. The smallest absolute Gasteiger partial charge is 0.129 e. The lowest BCUT2D eigenvalue weighted by molar-refractivity contribution is 0.627. The zero-order chi connectivity index (χ0) is 13.0. The molecule has 2 aromatic rings. The topological polar surface area (TPSA) is 37.8 Å². The van der Waals surface area contributed by atoms with Gasteiger partial charge in [-0.15, -0.1) is 0 Å². The van der Waals surface area contributed by atoms with E-state index in [0.29, 0.717) is 0 Å². The lowest BCUT2D eigenvalue weighted by Gasteiger charge is -2.06. The van der Waals surface area contributed by atoms with Gasteiger partial charge in [-0.3, -0.25) is 0 Å². The monoisotopic (exact) mass is 245 g/mol. The van der Waals surface area contributed by atoms with E-state index in [1.54, 1.807) is 0 Å². The number of hydrogen-bond acceptors (Lipinski definition) is 3. The van der Waals surface area contributed by atoms with E-state index >= 15 is 0 Å². The van der Waals surface area contributed by atoms with Crippen LogP contribution in [0.25, 0.3) is 11.3 Å². The molecule has 2 rings (SSSR count). The Morgan fingerprint density at radius 2 is 2.00 bits per heavy atom. The minimum atomic E-state index is -0.244. The molecule has 0 unspecified atom stereocenters. The maximum atomic E-state index is 13.4. The molecule has 18 heavy (non-hydrogen) atoms. The van der Waals surface area contributed by atoms with Gasteiger partial charge in [0, 0.05) is 18.2 Å². The van der Waals surface area contributed by atoms with Crippen molar-refractivity contribution in [3.63, 3.8) is 0 Å². The normalized spacial score (nSPS) is 10.4. The van der Waals surface area contributed by atoms with Gasteiger partial charge in [0.25, 0.3) is 0 Å². The fourth-order valence-corrected chi connectivity index (χ4v) is 1.75. The average Bonchev–Trinajstić information content (AvgIpc) is 2.35. The predicted octanol–water partition coefficient (Wildman–Crippen LogP) is 3.41. The summed E-state index contributed by atoms with van der Waals surface area (Å²) >= 11 is 0. The van der Waals surface area contributed by atoms with Crippen LogP contribution >= 0.6 is 0 Å². The van der Waals surface area contributed by atoms with Gasteiger partial charge in [0.05, 0.1) is 5.69 Å². The second-order valence-electron chi connectivity index (χ2n) is 4.23. The molecule has 0 bridgehead atoms. The van der Waals surface area contributed by atoms with Crippen molar-refractivity contribution in [1.82, 2.24) is 9.97 Å². The average molecular weight is 245 g/mol. The summed E-state index contributed by atoms with van der Waals surface area (Å²) < 4.78 is 13.4. The third-order valence-electron chi connectivity index (χ3n) is 2.56. The summed E-state index contributed by atoms with van der Waals surface area (Å²) in [5.41, 5.74) is 2.38. The van der Waals surface area contributed by atoms with Crippen molar-refractivity contribution in [2.45, 2.75) is 20.3 Å². The number of nitrogens with zero attached hydrogens (tertiary/aromatic N) is 2. The molecule has 4 heteroatoms. The van der Waals surface area contributed by atoms with Crippen LogP contribution in [0.1, 0.15) is 18.9 Å². The first kappa shape index (κ1) is 12.5. The predicted molar refractivity (Wildman–Crippen MR) is 70.9 cm³/mol. The van der Waals surface area contributed by atoms with Crippen molar-refractivity contribution in [2.24, 2.45) is 0 Å². The Morgan fingerprint density at radius 1 is 1.17 bits per heavy atom. The van der Waals surface area contributed by atoms with Crippen LogP contribution in [-0.2, 0) is 0 Å². The molecule has 1 N–H and O–H groups in total. The van der Waals surface area contributed by atoms with E-state index in [2.05, 4.69) is 22.2 Å². The van der Waals surface area contributed by atoms with Gasteiger partial charge < -0.3 is 5.32 Å². The lowest BCUT2D eigenvalue weighted by Crippen LogP contribution is -2.02. The highest BCUT2D eigenvalue weighted by Crippen LogP contribution is 2.21. The molecule has 94 valence electrons. The van der Waals surface area contributed by atoms with E-state index in [9.17, 15) is 4.39 Å². The summed E-state index contributed by atoms with van der Waals surface area (Å²) in [5, 5.41) is 3.19. The van der Waals surface area contributed by atoms with Crippen molar-refractivity contribution >= 4 is 5.82 Å².